The molecule has 0 bridgehead atoms. The summed E-state index contributed by atoms with van der Waals surface area (Å²) in [6.45, 7) is 4.87. The number of nitrogens with zero attached hydrogens (tertiary/aromatic N) is 2. The number of aromatic amines is 1. The van der Waals surface area contributed by atoms with Crippen LogP contribution in [0.5, 0.6) is 0 Å². The molecule has 1 aliphatic rings. The first-order chi connectivity index (χ1) is 13.5. The van der Waals surface area contributed by atoms with Crippen molar-refractivity contribution < 1.29 is 13.9 Å². The van der Waals surface area contributed by atoms with E-state index in [1.165, 1.54) is 12.1 Å². The summed E-state index contributed by atoms with van der Waals surface area (Å²) >= 11 is 0. The van der Waals surface area contributed by atoms with E-state index in [1.54, 1.807) is 19.1 Å². The first-order valence-corrected chi connectivity index (χ1v) is 9.46. The maximum Gasteiger partial charge on any atom is 0.255 e. The quantitative estimate of drug-likeness (QED) is 0.748. The number of carbonyl (C=O) groups excluding carboxylic acids is 1. The zero-order valence-electron chi connectivity index (χ0n) is 16.0. The number of rotatable bonds is 7. The number of nitrogens with one attached hydrogen (secondary N) is 2. The number of ether oxygens (including phenoxy) is 1. The highest BCUT2D eigenvalue weighted by atomic mass is 19.1. The molecule has 0 spiro atoms. The van der Waals surface area contributed by atoms with Gasteiger partial charge in [-0.25, -0.2) is 9.37 Å². The van der Waals surface area contributed by atoms with E-state index in [0.717, 1.165) is 5.56 Å². The lowest BCUT2D eigenvalue weighted by atomic mass is 10.1. The van der Waals surface area contributed by atoms with Crippen molar-refractivity contribution in [2.45, 2.75) is 26.2 Å². The van der Waals surface area contributed by atoms with Crippen LogP contribution in [0.2, 0.25) is 0 Å². The maximum absolute atomic E-state index is 12.9. The SMILES string of the molecule is Cc1nc(N2CCOCC2)[nH]c(=O)c1CCC(=O)NCCc1ccc(F)cc1. The number of anilines is 1. The third-order valence-electron chi connectivity index (χ3n) is 4.77. The monoisotopic (exact) mass is 388 g/mol. The fourth-order valence-electron chi connectivity index (χ4n) is 3.14. The van der Waals surface area contributed by atoms with E-state index in [0.29, 0.717) is 62.9 Å². The Balaban J connectivity index is 1.50. The van der Waals surface area contributed by atoms with Gasteiger partial charge in [0.25, 0.3) is 5.56 Å². The van der Waals surface area contributed by atoms with Gasteiger partial charge in [0.05, 0.1) is 13.2 Å². The topological polar surface area (TPSA) is 87.3 Å². The second kappa shape index (κ2) is 9.45. The predicted octanol–water partition coefficient (Wildman–Crippen LogP) is 1.35. The molecular formula is C20H25FN4O3. The summed E-state index contributed by atoms with van der Waals surface area (Å²) in [5, 5.41) is 2.83. The van der Waals surface area contributed by atoms with E-state index in [9.17, 15) is 14.0 Å². The lowest BCUT2D eigenvalue weighted by molar-refractivity contribution is -0.121. The molecule has 150 valence electrons. The van der Waals surface area contributed by atoms with Gasteiger partial charge in [-0.2, -0.15) is 0 Å². The number of morpholine rings is 1. The Bertz CT molecular complexity index is 861. The van der Waals surface area contributed by atoms with Gasteiger partial charge in [0, 0.05) is 37.3 Å². The third-order valence-corrected chi connectivity index (χ3v) is 4.77. The number of halogens is 1. The van der Waals surface area contributed by atoms with Gasteiger partial charge in [0.1, 0.15) is 5.82 Å². The van der Waals surface area contributed by atoms with E-state index < -0.39 is 0 Å². The normalized spacial score (nSPS) is 14.1. The number of hydrogen-bond donors (Lipinski definition) is 2. The average Bonchev–Trinajstić information content (AvgIpc) is 2.69. The maximum atomic E-state index is 12.9. The summed E-state index contributed by atoms with van der Waals surface area (Å²) in [4.78, 5) is 33.8. The van der Waals surface area contributed by atoms with Gasteiger partial charge in [0.15, 0.2) is 0 Å². The summed E-state index contributed by atoms with van der Waals surface area (Å²) < 4.78 is 18.2. The van der Waals surface area contributed by atoms with Crippen LogP contribution < -0.4 is 15.8 Å². The number of benzene rings is 1. The minimum absolute atomic E-state index is 0.127. The van der Waals surface area contributed by atoms with Gasteiger partial charge in [0.2, 0.25) is 11.9 Å². The number of amides is 1. The Morgan fingerprint density at radius 3 is 2.64 bits per heavy atom. The van der Waals surface area contributed by atoms with Gasteiger partial charge < -0.3 is 15.0 Å². The number of hydrogen-bond acceptors (Lipinski definition) is 5. The Hall–Kier alpha value is -2.74. The highest BCUT2D eigenvalue weighted by Crippen LogP contribution is 2.11. The van der Waals surface area contributed by atoms with E-state index in [-0.39, 0.29) is 23.7 Å². The van der Waals surface area contributed by atoms with Gasteiger partial charge in [-0.1, -0.05) is 12.1 Å². The second-order valence-electron chi connectivity index (χ2n) is 6.78. The minimum Gasteiger partial charge on any atom is -0.378 e. The summed E-state index contributed by atoms with van der Waals surface area (Å²) in [6.07, 6.45) is 1.17. The zero-order valence-corrected chi connectivity index (χ0v) is 16.0. The van der Waals surface area contributed by atoms with E-state index in [2.05, 4.69) is 15.3 Å². The standard InChI is InChI=1S/C20H25FN4O3/c1-14-17(19(27)24-20(23-14)25-10-12-28-13-11-25)6-7-18(26)22-9-8-15-2-4-16(21)5-3-15/h2-5H,6-13H2,1H3,(H,22,26)(H,23,24,27). The first-order valence-electron chi connectivity index (χ1n) is 9.46. The Morgan fingerprint density at radius 2 is 1.96 bits per heavy atom. The molecule has 1 aliphatic heterocycles. The average molecular weight is 388 g/mol. The lowest BCUT2D eigenvalue weighted by Crippen LogP contribution is -2.38. The third kappa shape index (κ3) is 5.39. The molecule has 0 unspecified atom stereocenters. The molecule has 2 heterocycles. The Labute approximate surface area is 162 Å². The van der Waals surface area contributed by atoms with Gasteiger partial charge in [-0.15, -0.1) is 0 Å². The first kappa shape index (κ1) is 20.0. The molecule has 0 atom stereocenters. The molecule has 1 aromatic carbocycles. The van der Waals surface area contributed by atoms with Crippen molar-refractivity contribution in [3.05, 3.63) is 57.3 Å². The molecule has 2 aromatic rings. The van der Waals surface area contributed by atoms with E-state index in [4.69, 9.17) is 4.74 Å². The molecule has 0 radical (unpaired) electrons. The van der Waals surface area contributed by atoms with Crippen molar-refractivity contribution in [3.63, 3.8) is 0 Å². The molecule has 0 aliphatic carbocycles. The van der Waals surface area contributed by atoms with Crippen LogP contribution in [0.25, 0.3) is 0 Å². The van der Waals surface area contributed by atoms with E-state index in [1.807, 2.05) is 4.90 Å². The molecule has 1 saturated heterocycles. The fourth-order valence-corrected chi connectivity index (χ4v) is 3.14. The van der Waals surface area contributed by atoms with Crippen LogP contribution in [0.3, 0.4) is 0 Å². The zero-order chi connectivity index (χ0) is 19.9. The minimum atomic E-state index is -0.276. The molecule has 1 aromatic heterocycles. The van der Waals surface area contributed by atoms with E-state index >= 15 is 0 Å². The van der Waals surface area contributed by atoms with Crippen LogP contribution in [0, 0.1) is 12.7 Å². The number of H-pyrrole nitrogens is 1. The second-order valence-corrected chi connectivity index (χ2v) is 6.78. The van der Waals surface area contributed by atoms with Crippen molar-refractivity contribution in [2.24, 2.45) is 0 Å². The van der Waals surface area contributed by atoms with Crippen LogP contribution in [0.4, 0.5) is 10.3 Å². The van der Waals surface area contributed by atoms with Gasteiger partial charge in [-0.3, -0.25) is 14.6 Å². The number of carbonyl (C=O) groups is 1. The van der Waals surface area contributed by atoms with Gasteiger partial charge >= 0.3 is 0 Å². The molecule has 7 nitrogen and oxygen atoms in total. The number of aromatic nitrogens is 2. The summed E-state index contributed by atoms with van der Waals surface area (Å²) in [7, 11) is 0. The Morgan fingerprint density at radius 1 is 1.25 bits per heavy atom. The molecule has 8 heteroatoms. The molecule has 1 amide bonds. The fraction of sp³-hybridized carbons (Fsp3) is 0.450. The van der Waals surface area contributed by atoms with Crippen LogP contribution >= 0.6 is 0 Å². The summed E-state index contributed by atoms with van der Waals surface area (Å²) in [5.74, 6) is 0.151. The van der Waals surface area contributed by atoms with Crippen molar-refractivity contribution in [2.75, 3.05) is 37.7 Å². The largest absolute Gasteiger partial charge is 0.378 e. The van der Waals surface area contributed by atoms with Crippen molar-refractivity contribution in [1.82, 2.24) is 15.3 Å². The van der Waals surface area contributed by atoms with Crippen LogP contribution in [0.1, 0.15) is 23.2 Å². The van der Waals surface area contributed by atoms with Crippen LogP contribution in [-0.4, -0.2) is 48.7 Å². The molecule has 2 N–H and O–H groups in total. The predicted molar refractivity (Wildman–Crippen MR) is 104 cm³/mol. The van der Waals surface area contributed by atoms with Crippen LogP contribution in [-0.2, 0) is 22.4 Å². The van der Waals surface area contributed by atoms with Crippen molar-refractivity contribution in [3.8, 4) is 0 Å². The number of aryl methyl sites for hydroxylation is 1. The highest BCUT2D eigenvalue weighted by molar-refractivity contribution is 5.76. The van der Waals surface area contributed by atoms with Crippen molar-refractivity contribution in [1.29, 1.82) is 0 Å². The van der Waals surface area contributed by atoms with Crippen LogP contribution in [0.15, 0.2) is 29.1 Å². The molecule has 28 heavy (non-hydrogen) atoms. The Kier molecular flexibility index (Phi) is 6.76. The smallest absolute Gasteiger partial charge is 0.255 e. The molecular weight excluding hydrogens is 363 g/mol. The summed E-state index contributed by atoms with van der Waals surface area (Å²) in [5.41, 5.74) is 1.93. The van der Waals surface area contributed by atoms with Gasteiger partial charge in [-0.05, 0) is 37.5 Å². The lowest BCUT2D eigenvalue weighted by Gasteiger charge is -2.27. The molecule has 1 fully saturated rings. The summed E-state index contributed by atoms with van der Waals surface area (Å²) in [6, 6.07) is 6.21. The highest BCUT2D eigenvalue weighted by Gasteiger charge is 2.16. The van der Waals surface area contributed by atoms with Crippen molar-refractivity contribution >= 4 is 11.9 Å². The molecule has 3 rings (SSSR count). The molecule has 0 saturated carbocycles.